The molecule has 1 saturated heterocycles. The SMILES string of the molecule is O=C(CN1C(=O)N/C(=C\c2ccc([N+](=O)[O-])cc2)C1=O)Nc1ccccc1. The molecule has 1 aliphatic rings. The van der Waals surface area contributed by atoms with Gasteiger partial charge in [0, 0.05) is 17.8 Å². The van der Waals surface area contributed by atoms with Crippen LogP contribution in [0.5, 0.6) is 0 Å². The molecule has 27 heavy (non-hydrogen) atoms. The van der Waals surface area contributed by atoms with Crippen molar-refractivity contribution in [2.75, 3.05) is 11.9 Å². The highest BCUT2D eigenvalue weighted by molar-refractivity contribution is 6.15. The number of carbonyl (C=O) groups excluding carboxylic acids is 3. The molecule has 3 rings (SSSR count). The summed E-state index contributed by atoms with van der Waals surface area (Å²) in [4.78, 5) is 47.3. The zero-order valence-electron chi connectivity index (χ0n) is 13.9. The molecular weight excluding hydrogens is 352 g/mol. The first kappa shape index (κ1) is 17.8. The largest absolute Gasteiger partial charge is 0.329 e. The van der Waals surface area contributed by atoms with Gasteiger partial charge in [0.2, 0.25) is 5.91 Å². The predicted molar refractivity (Wildman–Crippen MR) is 96.4 cm³/mol. The van der Waals surface area contributed by atoms with E-state index in [2.05, 4.69) is 10.6 Å². The lowest BCUT2D eigenvalue weighted by Gasteiger charge is -2.11. The first-order valence-corrected chi connectivity index (χ1v) is 7.88. The molecule has 0 atom stereocenters. The quantitative estimate of drug-likeness (QED) is 0.363. The van der Waals surface area contributed by atoms with Crippen molar-refractivity contribution in [3.8, 4) is 0 Å². The van der Waals surface area contributed by atoms with Crippen molar-refractivity contribution < 1.29 is 19.3 Å². The molecular formula is C18H14N4O5. The molecule has 9 heteroatoms. The van der Waals surface area contributed by atoms with Crippen molar-refractivity contribution in [2.24, 2.45) is 0 Å². The van der Waals surface area contributed by atoms with E-state index in [0.29, 0.717) is 11.3 Å². The zero-order chi connectivity index (χ0) is 19.4. The Balaban J connectivity index is 1.69. The van der Waals surface area contributed by atoms with Gasteiger partial charge in [-0.3, -0.25) is 19.7 Å². The number of nitrogens with zero attached hydrogens (tertiary/aromatic N) is 2. The van der Waals surface area contributed by atoms with Gasteiger partial charge in [-0.05, 0) is 35.9 Å². The molecule has 9 nitrogen and oxygen atoms in total. The average molecular weight is 366 g/mol. The Bertz CT molecular complexity index is 938. The molecule has 0 unspecified atom stereocenters. The van der Waals surface area contributed by atoms with Crippen LogP contribution in [0.1, 0.15) is 5.56 Å². The van der Waals surface area contributed by atoms with Crippen LogP contribution < -0.4 is 10.6 Å². The number of hydrogen-bond acceptors (Lipinski definition) is 5. The number of anilines is 1. The smallest absolute Gasteiger partial charge is 0.325 e. The van der Waals surface area contributed by atoms with E-state index < -0.39 is 29.3 Å². The maximum absolute atomic E-state index is 12.4. The number of nitro benzene ring substituents is 1. The summed E-state index contributed by atoms with van der Waals surface area (Å²) in [7, 11) is 0. The normalized spacial score (nSPS) is 15.0. The summed E-state index contributed by atoms with van der Waals surface area (Å²) in [5, 5.41) is 15.7. The number of hydrogen-bond donors (Lipinski definition) is 2. The maximum Gasteiger partial charge on any atom is 0.329 e. The molecule has 2 aromatic carbocycles. The van der Waals surface area contributed by atoms with E-state index in [-0.39, 0.29) is 11.4 Å². The van der Waals surface area contributed by atoms with Gasteiger partial charge in [-0.1, -0.05) is 18.2 Å². The summed E-state index contributed by atoms with van der Waals surface area (Å²) in [5.41, 5.74) is 0.954. The Kier molecular flexibility index (Phi) is 4.93. The summed E-state index contributed by atoms with van der Waals surface area (Å²) < 4.78 is 0. The van der Waals surface area contributed by atoms with Crippen molar-refractivity contribution in [2.45, 2.75) is 0 Å². The van der Waals surface area contributed by atoms with Crippen molar-refractivity contribution in [1.29, 1.82) is 0 Å². The zero-order valence-corrected chi connectivity index (χ0v) is 13.9. The number of nitrogens with one attached hydrogen (secondary N) is 2. The first-order valence-electron chi connectivity index (χ1n) is 7.88. The molecule has 4 amide bonds. The highest BCUT2D eigenvalue weighted by atomic mass is 16.6. The topological polar surface area (TPSA) is 122 Å². The fraction of sp³-hybridized carbons (Fsp3) is 0.0556. The lowest BCUT2D eigenvalue weighted by atomic mass is 10.1. The minimum Gasteiger partial charge on any atom is -0.325 e. The number of carbonyl (C=O) groups is 3. The molecule has 2 aromatic rings. The van der Waals surface area contributed by atoms with E-state index in [4.69, 9.17) is 0 Å². The monoisotopic (exact) mass is 366 g/mol. The van der Waals surface area contributed by atoms with Gasteiger partial charge in [0.05, 0.1) is 4.92 Å². The van der Waals surface area contributed by atoms with Gasteiger partial charge in [0.15, 0.2) is 0 Å². The Morgan fingerprint density at radius 3 is 2.41 bits per heavy atom. The fourth-order valence-corrected chi connectivity index (χ4v) is 2.44. The van der Waals surface area contributed by atoms with Crippen LogP contribution in [0.15, 0.2) is 60.3 Å². The number of nitro groups is 1. The Hall–Kier alpha value is -4.01. The number of non-ortho nitro benzene ring substituents is 1. The Morgan fingerprint density at radius 2 is 1.78 bits per heavy atom. The lowest BCUT2D eigenvalue weighted by Crippen LogP contribution is -2.38. The van der Waals surface area contributed by atoms with Crippen LogP contribution in [-0.4, -0.2) is 34.2 Å². The number of amides is 4. The highest BCUT2D eigenvalue weighted by Gasteiger charge is 2.34. The van der Waals surface area contributed by atoms with Crippen molar-refractivity contribution in [3.63, 3.8) is 0 Å². The number of benzene rings is 2. The minimum atomic E-state index is -0.712. The summed E-state index contributed by atoms with van der Waals surface area (Å²) in [6.07, 6.45) is 1.39. The third-order valence-corrected chi connectivity index (χ3v) is 3.74. The maximum atomic E-state index is 12.4. The summed E-state index contributed by atoms with van der Waals surface area (Å²) in [5.74, 6) is -1.16. The molecule has 0 saturated carbocycles. The number of urea groups is 1. The second-order valence-electron chi connectivity index (χ2n) is 5.64. The standard InChI is InChI=1S/C18H14N4O5/c23-16(19-13-4-2-1-3-5-13)11-21-17(24)15(20-18(21)25)10-12-6-8-14(9-7-12)22(26)27/h1-10H,11H2,(H,19,23)(H,20,25)/b15-10-. The van der Waals surface area contributed by atoms with Crippen LogP contribution in [0.4, 0.5) is 16.2 Å². The van der Waals surface area contributed by atoms with E-state index in [1.165, 1.54) is 30.3 Å². The van der Waals surface area contributed by atoms with Crippen molar-refractivity contribution >= 4 is 35.3 Å². The molecule has 0 aliphatic carbocycles. The summed E-state index contributed by atoms with van der Waals surface area (Å²) in [6, 6.07) is 13.4. The Morgan fingerprint density at radius 1 is 1.11 bits per heavy atom. The first-order chi connectivity index (χ1) is 12.9. The van der Waals surface area contributed by atoms with Crippen molar-refractivity contribution in [3.05, 3.63) is 76.0 Å². The lowest BCUT2D eigenvalue weighted by molar-refractivity contribution is -0.384. The Labute approximate surface area is 153 Å². The van der Waals surface area contributed by atoms with E-state index in [1.807, 2.05) is 0 Å². The van der Waals surface area contributed by atoms with Gasteiger partial charge in [0.25, 0.3) is 11.6 Å². The molecule has 2 N–H and O–H groups in total. The minimum absolute atomic E-state index is 0.0126. The molecule has 0 bridgehead atoms. The fourth-order valence-electron chi connectivity index (χ4n) is 2.44. The van der Waals surface area contributed by atoms with Gasteiger partial charge in [-0.15, -0.1) is 0 Å². The van der Waals surface area contributed by atoms with Crippen LogP contribution in [0.2, 0.25) is 0 Å². The van der Waals surface area contributed by atoms with Gasteiger partial charge in [-0.2, -0.15) is 0 Å². The molecule has 1 aliphatic heterocycles. The molecule has 1 heterocycles. The molecule has 1 fully saturated rings. The molecule has 0 radical (unpaired) electrons. The number of rotatable bonds is 5. The third kappa shape index (κ3) is 4.15. The van der Waals surface area contributed by atoms with E-state index in [9.17, 15) is 24.5 Å². The van der Waals surface area contributed by atoms with Crippen LogP contribution in [0.3, 0.4) is 0 Å². The van der Waals surface area contributed by atoms with E-state index >= 15 is 0 Å². The number of para-hydroxylation sites is 1. The van der Waals surface area contributed by atoms with Gasteiger partial charge >= 0.3 is 6.03 Å². The molecule has 0 spiro atoms. The molecule has 0 aromatic heterocycles. The average Bonchev–Trinajstić information content (AvgIpc) is 2.90. The van der Waals surface area contributed by atoms with Crippen molar-refractivity contribution in [1.82, 2.24) is 10.2 Å². The third-order valence-electron chi connectivity index (χ3n) is 3.74. The summed E-state index contributed by atoms with van der Waals surface area (Å²) in [6.45, 7) is -0.433. The van der Waals surface area contributed by atoms with Crippen LogP contribution in [0.25, 0.3) is 6.08 Å². The van der Waals surface area contributed by atoms with Crippen LogP contribution in [-0.2, 0) is 9.59 Å². The van der Waals surface area contributed by atoms with Gasteiger partial charge in [0.1, 0.15) is 12.2 Å². The molecule has 136 valence electrons. The highest BCUT2D eigenvalue weighted by Crippen LogP contribution is 2.17. The van der Waals surface area contributed by atoms with Crippen LogP contribution in [0, 0.1) is 10.1 Å². The van der Waals surface area contributed by atoms with Gasteiger partial charge < -0.3 is 10.6 Å². The van der Waals surface area contributed by atoms with E-state index in [0.717, 1.165) is 4.90 Å². The summed E-state index contributed by atoms with van der Waals surface area (Å²) >= 11 is 0. The van der Waals surface area contributed by atoms with E-state index in [1.54, 1.807) is 30.3 Å². The van der Waals surface area contributed by atoms with Crippen LogP contribution >= 0.6 is 0 Å². The van der Waals surface area contributed by atoms with Gasteiger partial charge in [-0.25, -0.2) is 9.69 Å². The second-order valence-corrected chi connectivity index (χ2v) is 5.64. The second kappa shape index (κ2) is 7.48. The number of imide groups is 1. The predicted octanol–water partition coefficient (Wildman–Crippen LogP) is 2.13.